The first-order valence-corrected chi connectivity index (χ1v) is 8.88. The lowest BCUT2D eigenvalue weighted by atomic mass is 10.2. The van der Waals surface area contributed by atoms with Crippen LogP contribution < -0.4 is 5.32 Å². The van der Waals surface area contributed by atoms with Crippen molar-refractivity contribution in [3.63, 3.8) is 0 Å². The second kappa shape index (κ2) is 9.61. The van der Waals surface area contributed by atoms with Crippen molar-refractivity contribution >= 4 is 18.0 Å². The molecule has 0 atom stereocenters. The van der Waals surface area contributed by atoms with Crippen molar-refractivity contribution in [2.45, 2.75) is 33.6 Å². The first-order valence-electron chi connectivity index (χ1n) is 8.88. The Kier molecular flexibility index (Phi) is 7.21. The van der Waals surface area contributed by atoms with Crippen molar-refractivity contribution in [3.8, 4) is 5.69 Å². The summed E-state index contributed by atoms with van der Waals surface area (Å²) >= 11 is 0. The Bertz CT molecular complexity index is 776. The van der Waals surface area contributed by atoms with Crippen LogP contribution in [-0.2, 0) is 14.3 Å². The molecule has 2 rings (SSSR count). The number of aromatic nitrogens is 1. The number of hydrogen-bond donors (Lipinski definition) is 1. The highest BCUT2D eigenvalue weighted by atomic mass is 16.5. The van der Waals surface area contributed by atoms with E-state index in [1.807, 2.05) is 38.1 Å². The maximum absolute atomic E-state index is 11.9. The molecule has 0 aliphatic heterocycles. The van der Waals surface area contributed by atoms with E-state index in [0.717, 1.165) is 22.6 Å². The van der Waals surface area contributed by atoms with Gasteiger partial charge in [-0.3, -0.25) is 9.59 Å². The van der Waals surface area contributed by atoms with E-state index in [-0.39, 0.29) is 11.9 Å². The molecule has 0 saturated heterocycles. The van der Waals surface area contributed by atoms with Gasteiger partial charge >= 0.3 is 5.97 Å². The first-order chi connectivity index (χ1) is 12.5. The third-order valence-corrected chi connectivity index (χ3v) is 4.06. The van der Waals surface area contributed by atoms with Gasteiger partial charge in [0.1, 0.15) is 0 Å². The van der Waals surface area contributed by atoms with Crippen LogP contribution in [0, 0.1) is 13.8 Å². The van der Waals surface area contributed by atoms with Crippen LogP contribution in [0.5, 0.6) is 0 Å². The average molecular weight is 354 g/mol. The summed E-state index contributed by atoms with van der Waals surface area (Å²) in [4.78, 5) is 23.2. The van der Waals surface area contributed by atoms with Gasteiger partial charge in [0.05, 0.1) is 6.61 Å². The van der Waals surface area contributed by atoms with Gasteiger partial charge in [-0.15, -0.1) is 0 Å². The maximum atomic E-state index is 11.9. The van der Waals surface area contributed by atoms with Crippen molar-refractivity contribution in [1.82, 2.24) is 9.88 Å². The topological polar surface area (TPSA) is 60.3 Å². The number of aryl methyl sites for hydroxylation is 1. The fourth-order valence-corrected chi connectivity index (χ4v) is 2.83. The van der Waals surface area contributed by atoms with E-state index >= 15 is 0 Å². The number of hydrogen-bond acceptors (Lipinski definition) is 3. The van der Waals surface area contributed by atoms with Gasteiger partial charge in [-0.2, -0.15) is 0 Å². The molecule has 0 aliphatic rings. The molecule has 1 amide bonds. The Balaban J connectivity index is 1.92. The summed E-state index contributed by atoms with van der Waals surface area (Å²) in [5.41, 5.74) is 4.31. The monoisotopic (exact) mass is 354 g/mol. The summed E-state index contributed by atoms with van der Waals surface area (Å²) in [6, 6.07) is 12.2. The molecule has 138 valence electrons. The molecule has 1 N–H and O–H groups in total. The minimum atomic E-state index is -0.231. The number of ether oxygens (including phenoxy) is 1. The standard InChI is InChI=1S/C21H26N2O3/c1-4-26-21(25)11-8-14-22-20(24)13-12-18-15-16(2)23(17(18)3)19-9-6-5-7-10-19/h5-7,9-10,12-13,15H,4,8,11,14H2,1-3H3,(H,22,24)/b13-12+. The van der Waals surface area contributed by atoms with E-state index < -0.39 is 0 Å². The predicted octanol–water partition coefficient (Wildman–Crippen LogP) is 3.57. The van der Waals surface area contributed by atoms with E-state index in [4.69, 9.17) is 4.74 Å². The van der Waals surface area contributed by atoms with Gasteiger partial charge in [0, 0.05) is 36.1 Å². The van der Waals surface area contributed by atoms with Crippen LogP contribution in [-0.4, -0.2) is 29.6 Å². The van der Waals surface area contributed by atoms with Gasteiger partial charge in [-0.1, -0.05) is 18.2 Å². The van der Waals surface area contributed by atoms with E-state index in [2.05, 4.69) is 28.1 Å². The van der Waals surface area contributed by atoms with Crippen LogP contribution >= 0.6 is 0 Å². The van der Waals surface area contributed by atoms with Gasteiger partial charge in [-0.25, -0.2) is 0 Å². The summed E-state index contributed by atoms with van der Waals surface area (Å²) in [6.07, 6.45) is 4.24. The lowest BCUT2D eigenvalue weighted by Crippen LogP contribution is -2.22. The van der Waals surface area contributed by atoms with Gasteiger partial charge in [0.15, 0.2) is 0 Å². The van der Waals surface area contributed by atoms with Crippen molar-refractivity contribution < 1.29 is 14.3 Å². The van der Waals surface area contributed by atoms with Crippen LogP contribution in [0.2, 0.25) is 0 Å². The van der Waals surface area contributed by atoms with Crippen LogP contribution in [0.3, 0.4) is 0 Å². The third kappa shape index (κ3) is 5.34. The highest BCUT2D eigenvalue weighted by molar-refractivity contribution is 5.91. The Morgan fingerprint density at radius 1 is 1.19 bits per heavy atom. The molecule has 0 aliphatic carbocycles. The number of rotatable bonds is 8. The number of para-hydroxylation sites is 1. The molecular formula is C21H26N2O3. The zero-order chi connectivity index (χ0) is 18.9. The molecule has 0 bridgehead atoms. The molecule has 26 heavy (non-hydrogen) atoms. The Labute approximate surface area is 154 Å². The van der Waals surface area contributed by atoms with Gasteiger partial charge < -0.3 is 14.6 Å². The summed E-state index contributed by atoms with van der Waals surface area (Å²) in [7, 11) is 0. The second-order valence-corrected chi connectivity index (χ2v) is 6.03. The van der Waals surface area contributed by atoms with Gasteiger partial charge in [0.2, 0.25) is 5.91 Å². The van der Waals surface area contributed by atoms with Crippen molar-refractivity contribution in [2.24, 2.45) is 0 Å². The minimum absolute atomic E-state index is 0.168. The summed E-state index contributed by atoms with van der Waals surface area (Å²) in [5, 5.41) is 2.78. The average Bonchev–Trinajstić information content (AvgIpc) is 2.91. The largest absolute Gasteiger partial charge is 0.466 e. The minimum Gasteiger partial charge on any atom is -0.466 e. The normalized spacial score (nSPS) is 10.9. The molecule has 5 nitrogen and oxygen atoms in total. The summed E-state index contributed by atoms with van der Waals surface area (Å²) in [6.45, 7) is 6.70. The first kappa shape index (κ1) is 19.5. The quantitative estimate of drug-likeness (QED) is 0.448. The molecule has 2 aromatic rings. The number of amides is 1. The van der Waals surface area contributed by atoms with E-state index in [1.165, 1.54) is 6.08 Å². The Hall–Kier alpha value is -2.82. The molecule has 0 saturated carbocycles. The predicted molar refractivity (Wildman–Crippen MR) is 103 cm³/mol. The molecule has 1 aromatic carbocycles. The van der Waals surface area contributed by atoms with E-state index in [1.54, 1.807) is 6.92 Å². The zero-order valence-electron chi connectivity index (χ0n) is 15.6. The van der Waals surface area contributed by atoms with Crippen LogP contribution in [0.1, 0.15) is 36.7 Å². The zero-order valence-corrected chi connectivity index (χ0v) is 15.6. The molecule has 0 fully saturated rings. The molecule has 1 heterocycles. The number of benzene rings is 1. The smallest absolute Gasteiger partial charge is 0.305 e. The number of esters is 1. The SMILES string of the molecule is CCOC(=O)CCCNC(=O)/C=C/c1cc(C)n(-c2ccccc2)c1C. The number of nitrogens with one attached hydrogen (secondary N) is 1. The third-order valence-electron chi connectivity index (χ3n) is 4.06. The molecule has 0 radical (unpaired) electrons. The van der Waals surface area contributed by atoms with Crippen LogP contribution in [0.15, 0.2) is 42.5 Å². The Morgan fingerprint density at radius 3 is 2.62 bits per heavy atom. The molecule has 1 aromatic heterocycles. The number of nitrogens with zero attached hydrogens (tertiary/aromatic N) is 1. The van der Waals surface area contributed by atoms with Crippen molar-refractivity contribution in [2.75, 3.05) is 13.2 Å². The molecule has 5 heteroatoms. The Morgan fingerprint density at radius 2 is 1.92 bits per heavy atom. The lowest BCUT2D eigenvalue weighted by Gasteiger charge is -2.09. The highest BCUT2D eigenvalue weighted by Crippen LogP contribution is 2.21. The van der Waals surface area contributed by atoms with Gasteiger partial charge in [0.25, 0.3) is 0 Å². The molecule has 0 unspecified atom stereocenters. The maximum Gasteiger partial charge on any atom is 0.305 e. The summed E-state index contributed by atoms with van der Waals surface area (Å²) in [5.74, 6) is -0.399. The van der Waals surface area contributed by atoms with Crippen molar-refractivity contribution in [3.05, 3.63) is 59.4 Å². The lowest BCUT2D eigenvalue weighted by molar-refractivity contribution is -0.143. The fraction of sp³-hybridized carbons (Fsp3) is 0.333. The van der Waals surface area contributed by atoms with Gasteiger partial charge in [-0.05, 0) is 57.0 Å². The molecular weight excluding hydrogens is 328 g/mol. The van der Waals surface area contributed by atoms with E-state index in [0.29, 0.717) is 26.0 Å². The van der Waals surface area contributed by atoms with E-state index in [9.17, 15) is 9.59 Å². The number of carbonyl (C=O) groups excluding carboxylic acids is 2. The highest BCUT2D eigenvalue weighted by Gasteiger charge is 2.09. The van der Waals surface area contributed by atoms with Crippen molar-refractivity contribution in [1.29, 1.82) is 0 Å². The van der Waals surface area contributed by atoms with Crippen LogP contribution in [0.25, 0.3) is 11.8 Å². The van der Waals surface area contributed by atoms with Crippen LogP contribution in [0.4, 0.5) is 0 Å². The number of carbonyl (C=O) groups is 2. The fourth-order valence-electron chi connectivity index (χ4n) is 2.83. The molecule has 0 spiro atoms. The summed E-state index contributed by atoms with van der Waals surface area (Å²) < 4.78 is 7.01. The second-order valence-electron chi connectivity index (χ2n) is 6.03.